The van der Waals surface area contributed by atoms with Gasteiger partial charge in [0.25, 0.3) is 5.91 Å². The van der Waals surface area contributed by atoms with Crippen LogP contribution in [0, 0.1) is 5.82 Å². The lowest BCUT2D eigenvalue weighted by Gasteiger charge is -2.12. The Morgan fingerprint density at radius 1 is 1.33 bits per heavy atom. The van der Waals surface area contributed by atoms with Gasteiger partial charge in [-0.2, -0.15) is 13.2 Å². The molecule has 82 valence electrons. The van der Waals surface area contributed by atoms with Gasteiger partial charge in [0, 0.05) is 0 Å². The second-order valence-corrected chi connectivity index (χ2v) is 3.05. The molecule has 0 radical (unpaired) electrons. The van der Waals surface area contributed by atoms with E-state index < -0.39 is 34.1 Å². The van der Waals surface area contributed by atoms with Crippen molar-refractivity contribution in [3.05, 3.63) is 34.1 Å². The highest BCUT2D eigenvalue weighted by molar-refractivity contribution is 6.32. The van der Waals surface area contributed by atoms with Crippen molar-refractivity contribution < 1.29 is 22.4 Å². The number of rotatable bonds is 1. The van der Waals surface area contributed by atoms with Crippen LogP contribution in [-0.4, -0.2) is 5.91 Å². The minimum Gasteiger partial charge on any atom is -0.365 e. The summed E-state index contributed by atoms with van der Waals surface area (Å²) < 4.78 is 50.1. The first-order valence-corrected chi connectivity index (χ1v) is 3.98. The molecule has 0 spiro atoms. The molecule has 0 aliphatic rings. The molecular weight excluding hydrogens is 238 g/mol. The number of benzene rings is 1. The summed E-state index contributed by atoms with van der Waals surface area (Å²) in [4.78, 5) is 10.7. The number of primary amides is 1. The number of hydrogen-bond acceptors (Lipinski definition) is 1. The van der Waals surface area contributed by atoms with E-state index in [0.29, 0.717) is 12.1 Å². The molecule has 0 aromatic heterocycles. The van der Waals surface area contributed by atoms with Gasteiger partial charge in [0.15, 0.2) is 0 Å². The molecule has 2 nitrogen and oxygen atoms in total. The van der Waals surface area contributed by atoms with Gasteiger partial charge in [-0.05, 0) is 12.1 Å². The first-order valence-electron chi connectivity index (χ1n) is 3.60. The fourth-order valence-electron chi connectivity index (χ4n) is 1.07. The minimum absolute atomic E-state index is 0.650. The van der Waals surface area contributed by atoms with E-state index in [1.54, 1.807) is 0 Å². The molecule has 0 fully saturated rings. The van der Waals surface area contributed by atoms with Crippen LogP contribution < -0.4 is 5.73 Å². The smallest absolute Gasteiger partial charge is 0.365 e. The van der Waals surface area contributed by atoms with Crippen molar-refractivity contribution in [2.24, 2.45) is 5.73 Å². The molecule has 0 atom stereocenters. The van der Waals surface area contributed by atoms with E-state index in [9.17, 15) is 22.4 Å². The van der Waals surface area contributed by atoms with Gasteiger partial charge >= 0.3 is 6.18 Å². The van der Waals surface area contributed by atoms with Crippen molar-refractivity contribution in [2.75, 3.05) is 0 Å². The topological polar surface area (TPSA) is 43.1 Å². The molecule has 0 bridgehead atoms. The highest BCUT2D eigenvalue weighted by Crippen LogP contribution is 2.37. The maximum Gasteiger partial charge on any atom is 0.418 e. The standard InChI is InChI=1S/C8H4ClF4NO/c9-3-1-2-4(10)5(7(14)15)6(3)8(11,12)13/h1-2H,(H2,14,15). The fraction of sp³-hybridized carbons (Fsp3) is 0.125. The Balaban J connectivity index is 3.60. The Labute approximate surface area is 86.6 Å². The van der Waals surface area contributed by atoms with Crippen LogP contribution in [0.15, 0.2) is 12.1 Å². The van der Waals surface area contributed by atoms with Gasteiger partial charge in [-0.1, -0.05) is 11.6 Å². The van der Waals surface area contributed by atoms with Crippen LogP contribution >= 0.6 is 11.6 Å². The van der Waals surface area contributed by atoms with Gasteiger partial charge in [0.05, 0.1) is 16.1 Å². The molecule has 2 N–H and O–H groups in total. The van der Waals surface area contributed by atoms with Crippen LogP contribution in [0.2, 0.25) is 5.02 Å². The third-order valence-corrected chi connectivity index (χ3v) is 1.95. The van der Waals surface area contributed by atoms with Crippen molar-refractivity contribution in [3.63, 3.8) is 0 Å². The lowest BCUT2D eigenvalue weighted by molar-refractivity contribution is -0.138. The maximum atomic E-state index is 13.0. The molecule has 1 amide bonds. The number of hydrogen-bond donors (Lipinski definition) is 1. The summed E-state index contributed by atoms with van der Waals surface area (Å²) in [5.41, 5.74) is 1.86. The Kier molecular flexibility index (Phi) is 2.90. The predicted octanol–water partition coefficient (Wildman–Crippen LogP) is 2.60. The Morgan fingerprint density at radius 2 is 1.87 bits per heavy atom. The van der Waals surface area contributed by atoms with E-state index in [1.807, 2.05) is 0 Å². The largest absolute Gasteiger partial charge is 0.418 e. The van der Waals surface area contributed by atoms with Gasteiger partial charge < -0.3 is 5.73 Å². The predicted molar refractivity (Wildman–Crippen MR) is 44.9 cm³/mol. The van der Waals surface area contributed by atoms with Gasteiger partial charge in [-0.3, -0.25) is 4.79 Å². The zero-order valence-corrected chi connectivity index (χ0v) is 7.79. The molecule has 1 aromatic carbocycles. The normalized spacial score (nSPS) is 11.5. The first-order chi connectivity index (χ1) is 6.75. The molecule has 0 unspecified atom stereocenters. The summed E-state index contributed by atoms with van der Waals surface area (Å²) in [5, 5.41) is -0.766. The van der Waals surface area contributed by atoms with Crippen LogP contribution in [0.1, 0.15) is 15.9 Å². The molecular formula is C8H4ClF4NO. The van der Waals surface area contributed by atoms with Crippen molar-refractivity contribution in [2.45, 2.75) is 6.18 Å². The number of amides is 1. The highest BCUT2D eigenvalue weighted by atomic mass is 35.5. The third-order valence-electron chi connectivity index (χ3n) is 1.63. The maximum absolute atomic E-state index is 13.0. The first kappa shape index (κ1) is 11.8. The quantitative estimate of drug-likeness (QED) is 0.755. The third kappa shape index (κ3) is 2.20. The van der Waals surface area contributed by atoms with Crippen molar-refractivity contribution in [1.29, 1.82) is 0 Å². The molecule has 1 rings (SSSR count). The summed E-state index contributed by atoms with van der Waals surface area (Å²) in [6, 6.07) is 1.36. The summed E-state index contributed by atoms with van der Waals surface area (Å²) in [6.45, 7) is 0. The van der Waals surface area contributed by atoms with Gasteiger partial charge in [-0.15, -0.1) is 0 Å². The van der Waals surface area contributed by atoms with Gasteiger partial charge in [0.1, 0.15) is 5.82 Å². The van der Waals surface area contributed by atoms with Gasteiger partial charge in [0.2, 0.25) is 0 Å². The average Bonchev–Trinajstić information content (AvgIpc) is 2.05. The van der Waals surface area contributed by atoms with Crippen LogP contribution in [0.4, 0.5) is 17.6 Å². The second-order valence-electron chi connectivity index (χ2n) is 2.64. The van der Waals surface area contributed by atoms with Gasteiger partial charge in [-0.25, -0.2) is 4.39 Å². The molecule has 0 saturated heterocycles. The zero-order chi connectivity index (χ0) is 11.8. The number of carbonyl (C=O) groups excluding carboxylic acids is 1. The molecule has 7 heteroatoms. The number of alkyl halides is 3. The molecule has 15 heavy (non-hydrogen) atoms. The average molecular weight is 242 g/mol. The van der Waals surface area contributed by atoms with E-state index in [2.05, 4.69) is 5.73 Å². The molecule has 1 aromatic rings. The summed E-state index contributed by atoms with van der Waals surface area (Å²) in [7, 11) is 0. The van der Waals surface area contributed by atoms with E-state index in [-0.39, 0.29) is 0 Å². The molecule has 0 heterocycles. The van der Waals surface area contributed by atoms with Crippen LogP contribution in [0.25, 0.3) is 0 Å². The summed E-state index contributed by atoms with van der Waals surface area (Å²) in [5.74, 6) is -2.86. The van der Waals surface area contributed by atoms with E-state index in [1.165, 1.54) is 0 Å². The number of nitrogens with two attached hydrogens (primary N) is 1. The van der Waals surface area contributed by atoms with Crippen LogP contribution in [0.5, 0.6) is 0 Å². The van der Waals surface area contributed by atoms with E-state index in [4.69, 9.17) is 11.6 Å². The fourth-order valence-corrected chi connectivity index (χ4v) is 1.33. The molecule has 0 saturated carbocycles. The lowest BCUT2D eigenvalue weighted by atomic mass is 10.1. The van der Waals surface area contributed by atoms with Crippen LogP contribution in [-0.2, 0) is 6.18 Å². The Bertz CT molecular complexity index is 416. The monoisotopic (exact) mass is 241 g/mol. The summed E-state index contributed by atoms with van der Waals surface area (Å²) in [6.07, 6.45) is -4.93. The van der Waals surface area contributed by atoms with E-state index in [0.717, 1.165) is 0 Å². The lowest BCUT2D eigenvalue weighted by Crippen LogP contribution is -2.21. The van der Waals surface area contributed by atoms with Crippen molar-refractivity contribution in [1.82, 2.24) is 0 Å². The minimum atomic E-state index is -4.93. The molecule has 0 aliphatic carbocycles. The number of carbonyl (C=O) groups is 1. The SMILES string of the molecule is NC(=O)c1c(F)ccc(Cl)c1C(F)(F)F. The van der Waals surface area contributed by atoms with Crippen molar-refractivity contribution >= 4 is 17.5 Å². The van der Waals surface area contributed by atoms with E-state index >= 15 is 0 Å². The Morgan fingerprint density at radius 3 is 2.20 bits per heavy atom. The van der Waals surface area contributed by atoms with Crippen LogP contribution in [0.3, 0.4) is 0 Å². The summed E-state index contributed by atoms with van der Waals surface area (Å²) >= 11 is 5.24. The zero-order valence-electron chi connectivity index (χ0n) is 7.03. The highest BCUT2D eigenvalue weighted by Gasteiger charge is 2.38. The Hall–Kier alpha value is -1.30. The van der Waals surface area contributed by atoms with Crippen molar-refractivity contribution in [3.8, 4) is 0 Å². The molecule has 0 aliphatic heterocycles. The second kappa shape index (κ2) is 3.69. The number of halogens is 5.